The molecule has 2 aliphatic rings. The van der Waals surface area contributed by atoms with Gasteiger partial charge in [0.1, 0.15) is 11.3 Å². The Morgan fingerprint density at radius 1 is 1.39 bits per heavy atom. The van der Waals surface area contributed by atoms with E-state index in [2.05, 4.69) is 5.32 Å². The van der Waals surface area contributed by atoms with Crippen LogP contribution in [-0.4, -0.2) is 35.3 Å². The summed E-state index contributed by atoms with van der Waals surface area (Å²) in [6.45, 7) is 3.36. The van der Waals surface area contributed by atoms with Crippen LogP contribution in [0.3, 0.4) is 0 Å². The third-order valence-electron chi connectivity index (χ3n) is 4.71. The average molecular weight is 316 g/mol. The standard InChI is InChI=1S/C17H20N2O4/c1-10(20)11-4-7-14(23-3)12(8-11)9-19-15(21)17(2,13-5-6-13)18-16(19)22/h4,7-8,13H,5-6,9H2,1-3H3,(H,18,22)/t17-/m1/s1. The molecule has 3 rings (SSSR count). The van der Waals surface area contributed by atoms with Crippen molar-refractivity contribution in [2.24, 2.45) is 5.92 Å². The lowest BCUT2D eigenvalue weighted by Crippen LogP contribution is -2.46. The molecule has 1 saturated carbocycles. The van der Waals surface area contributed by atoms with E-state index in [-0.39, 0.29) is 30.2 Å². The molecule has 6 heteroatoms. The first kappa shape index (κ1) is 15.5. The van der Waals surface area contributed by atoms with Crippen molar-refractivity contribution in [3.8, 4) is 5.75 Å². The van der Waals surface area contributed by atoms with Gasteiger partial charge in [-0.2, -0.15) is 0 Å². The van der Waals surface area contributed by atoms with Gasteiger partial charge >= 0.3 is 6.03 Å². The van der Waals surface area contributed by atoms with E-state index < -0.39 is 5.54 Å². The van der Waals surface area contributed by atoms with E-state index in [4.69, 9.17) is 4.74 Å². The highest BCUT2D eigenvalue weighted by Crippen LogP contribution is 2.43. The second-order valence-electron chi connectivity index (χ2n) is 6.38. The summed E-state index contributed by atoms with van der Waals surface area (Å²) in [6, 6.07) is 4.64. The summed E-state index contributed by atoms with van der Waals surface area (Å²) in [5.41, 5.74) is 0.365. The van der Waals surface area contributed by atoms with E-state index in [0.717, 1.165) is 12.8 Å². The van der Waals surface area contributed by atoms with Gasteiger partial charge in [0.25, 0.3) is 5.91 Å². The topological polar surface area (TPSA) is 75.7 Å². The lowest BCUT2D eigenvalue weighted by molar-refractivity contribution is -0.131. The van der Waals surface area contributed by atoms with E-state index in [1.54, 1.807) is 25.1 Å². The number of hydrogen-bond donors (Lipinski definition) is 1. The maximum absolute atomic E-state index is 12.7. The molecule has 1 aliphatic carbocycles. The van der Waals surface area contributed by atoms with Crippen LogP contribution < -0.4 is 10.1 Å². The van der Waals surface area contributed by atoms with Crippen molar-refractivity contribution in [2.45, 2.75) is 38.8 Å². The van der Waals surface area contributed by atoms with Gasteiger partial charge in [0.2, 0.25) is 0 Å². The highest BCUT2D eigenvalue weighted by molar-refractivity contribution is 6.07. The number of carbonyl (C=O) groups excluding carboxylic acids is 3. The fraction of sp³-hybridized carbons (Fsp3) is 0.471. The number of Topliss-reactive ketones (excluding diaryl/α,β-unsaturated/α-hetero) is 1. The van der Waals surface area contributed by atoms with Crippen LogP contribution in [0, 0.1) is 5.92 Å². The number of methoxy groups -OCH3 is 1. The number of amides is 3. The van der Waals surface area contributed by atoms with Gasteiger partial charge in [-0.3, -0.25) is 14.5 Å². The Morgan fingerprint density at radius 2 is 2.09 bits per heavy atom. The van der Waals surface area contributed by atoms with E-state index >= 15 is 0 Å². The first-order valence-corrected chi connectivity index (χ1v) is 7.68. The molecule has 0 bridgehead atoms. The normalized spacial score (nSPS) is 23.9. The number of carbonyl (C=O) groups is 3. The molecule has 1 aromatic rings. The van der Waals surface area contributed by atoms with E-state index in [1.165, 1.54) is 18.9 Å². The molecule has 1 heterocycles. The highest BCUT2D eigenvalue weighted by atomic mass is 16.5. The molecule has 0 spiro atoms. The zero-order valence-corrected chi connectivity index (χ0v) is 13.5. The fourth-order valence-corrected chi connectivity index (χ4v) is 3.09. The zero-order chi connectivity index (χ0) is 16.8. The molecule has 1 N–H and O–H groups in total. The molecule has 1 aromatic carbocycles. The number of nitrogens with one attached hydrogen (secondary N) is 1. The van der Waals surface area contributed by atoms with Crippen LogP contribution in [0.1, 0.15) is 42.6 Å². The van der Waals surface area contributed by atoms with Crippen LogP contribution in [0.4, 0.5) is 4.79 Å². The van der Waals surface area contributed by atoms with Crippen LogP contribution >= 0.6 is 0 Å². The van der Waals surface area contributed by atoms with Gasteiger partial charge in [-0.1, -0.05) is 0 Å². The van der Waals surface area contributed by atoms with Crippen molar-refractivity contribution in [3.05, 3.63) is 29.3 Å². The molecule has 1 atom stereocenters. The largest absolute Gasteiger partial charge is 0.496 e. The van der Waals surface area contributed by atoms with Gasteiger partial charge in [0.05, 0.1) is 13.7 Å². The summed E-state index contributed by atoms with van der Waals surface area (Å²) in [6.07, 6.45) is 1.92. The number of urea groups is 1. The van der Waals surface area contributed by atoms with Crippen molar-refractivity contribution in [2.75, 3.05) is 7.11 Å². The highest BCUT2D eigenvalue weighted by Gasteiger charge is 2.55. The minimum atomic E-state index is -0.803. The Hall–Kier alpha value is -2.37. The van der Waals surface area contributed by atoms with E-state index in [9.17, 15) is 14.4 Å². The monoisotopic (exact) mass is 316 g/mol. The summed E-state index contributed by atoms with van der Waals surface area (Å²) < 4.78 is 5.29. The second-order valence-corrected chi connectivity index (χ2v) is 6.38. The van der Waals surface area contributed by atoms with Crippen molar-refractivity contribution >= 4 is 17.7 Å². The molecule has 0 aromatic heterocycles. The molecular formula is C17H20N2O4. The van der Waals surface area contributed by atoms with E-state index in [0.29, 0.717) is 16.9 Å². The number of ether oxygens (including phenoxy) is 1. The smallest absolute Gasteiger partial charge is 0.325 e. The Labute approximate surface area is 134 Å². The summed E-state index contributed by atoms with van der Waals surface area (Å²) >= 11 is 0. The average Bonchev–Trinajstić information content (AvgIpc) is 3.33. The second kappa shape index (κ2) is 5.37. The Morgan fingerprint density at radius 3 is 2.65 bits per heavy atom. The molecule has 0 radical (unpaired) electrons. The number of ketones is 1. The third-order valence-corrected chi connectivity index (χ3v) is 4.71. The fourth-order valence-electron chi connectivity index (χ4n) is 3.09. The summed E-state index contributed by atoms with van der Waals surface area (Å²) in [5, 5.41) is 2.82. The molecule has 0 unspecified atom stereocenters. The minimum absolute atomic E-state index is 0.0751. The number of rotatable bonds is 5. The van der Waals surface area contributed by atoms with Gasteiger partial charge in [-0.25, -0.2) is 4.79 Å². The first-order valence-electron chi connectivity index (χ1n) is 7.68. The van der Waals surface area contributed by atoms with Gasteiger partial charge in [-0.15, -0.1) is 0 Å². The van der Waals surface area contributed by atoms with Gasteiger partial charge in [0, 0.05) is 11.1 Å². The predicted molar refractivity (Wildman–Crippen MR) is 83.2 cm³/mol. The maximum atomic E-state index is 12.7. The maximum Gasteiger partial charge on any atom is 0.325 e. The molecule has 1 aliphatic heterocycles. The lowest BCUT2D eigenvalue weighted by atomic mass is 9.96. The van der Waals surface area contributed by atoms with Crippen molar-refractivity contribution in [1.29, 1.82) is 0 Å². The summed E-state index contributed by atoms with van der Waals surface area (Å²) in [7, 11) is 1.52. The molecular weight excluding hydrogens is 296 g/mol. The van der Waals surface area contributed by atoms with Gasteiger partial charge in [0.15, 0.2) is 5.78 Å². The Bertz CT molecular complexity index is 696. The van der Waals surface area contributed by atoms with Crippen LogP contribution in [-0.2, 0) is 11.3 Å². The SMILES string of the molecule is COc1ccc(C(C)=O)cc1CN1C(=O)N[C@](C)(C2CC2)C1=O. The zero-order valence-electron chi connectivity index (χ0n) is 13.5. The Balaban J connectivity index is 1.89. The van der Waals surface area contributed by atoms with Crippen molar-refractivity contribution in [1.82, 2.24) is 10.2 Å². The molecule has 3 amide bonds. The van der Waals surface area contributed by atoms with Crippen molar-refractivity contribution < 1.29 is 19.1 Å². The van der Waals surface area contributed by atoms with E-state index in [1.807, 2.05) is 0 Å². The van der Waals surface area contributed by atoms with Crippen LogP contribution in [0.25, 0.3) is 0 Å². The van der Waals surface area contributed by atoms with Gasteiger partial charge in [-0.05, 0) is 50.8 Å². The quantitative estimate of drug-likeness (QED) is 0.667. The first-order chi connectivity index (χ1) is 10.9. The van der Waals surface area contributed by atoms with Crippen LogP contribution in [0.15, 0.2) is 18.2 Å². The molecule has 2 fully saturated rings. The van der Waals surface area contributed by atoms with Crippen LogP contribution in [0.5, 0.6) is 5.75 Å². The predicted octanol–water partition coefficient (Wildman–Crippen LogP) is 2.12. The molecule has 122 valence electrons. The van der Waals surface area contributed by atoms with Gasteiger partial charge < -0.3 is 10.1 Å². The third kappa shape index (κ3) is 2.58. The summed E-state index contributed by atoms with van der Waals surface area (Å²) in [4.78, 5) is 37.7. The number of hydrogen-bond acceptors (Lipinski definition) is 4. The molecule has 6 nitrogen and oxygen atoms in total. The van der Waals surface area contributed by atoms with Crippen LogP contribution in [0.2, 0.25) is 0 Å². The Kier molecular flexibility index (Phi) is 3.62. The number of nitrogens with zero attached hydrogens (tertiary/aromatic N) is 1. The summed E-state index contributed by atoms with van der Waals surface area (Å²) in [5.74, 6) is 0.485. The molecule has 23 heavy (non-hydrogen) atoms. The number of benzene rings is 1. The lowest BCUT2D eigenvalue weighted by Gasteiger charge is -2.21. The molecule has 1 saturated heterocycles. The number of imide groups is 1. The minimum Gasteiger partial charge on any atom is -0.496 e. The van der Waals surface area contributed by atoms with Crippen molar-refractivity contribution in [3.63, 3.8) is 0 Å².